The zero-order valence-corrected chi connectivity index (χ0v) is 7.34. The summed E-state index contributed by atoms with van der Waals surface area (Å²) in [7, 11) is 2.95. The molecule has 0 atom stereocenters. The zero-order chi connectivity index (χ0) is 10.0. The molecule has 1 rings (SSSR count). The van der Waals surface area contributed by atoms with E-state index in [0.29, 0.717) is 5.69 Å². The minimum Gasteiger partial charge on any atom is -0.397 e. The lowest BCUT2D eigenvalue weighted by atomic mass is 10.2. The Balaban J connectivity index is 3.15. The molecule has 0 aromatic heterocycles. The number of hydroxylamine groups is 1. The molecule has 0 saturated heterocycles. The van der Waals surface area contributed by atoms with Crippen molar-refractivity contribution < 1.29 is 13.6 Å². The van der Waals surface area contributed by atoms with Crippen LogP contribution in [0, 0.1) is 11.6 Å². The number of halogens is 2. The minimum absolute atomic E-state index is 0.128. The molecule has 0 fully saturated rings. The second-order valence-electron chi connectivity index (χ2n) is 2.51. The first-order chi connectivity index (χ1) is 6.06. The quantitative estimate of drug-likeness (QED) is 0.565. The molecule has 0 unspecified atom stereocenters. The lowest BCUT2D eigenvalue weighted by Crippen LogP contribution is -2.16. The van der Waals surface area contributed by atoms with E-state index >= 15 is 0 Å². The molecule has 72 valence electrons. The molecule has 0 aliphatic heterocycles. The monoisotopic (exact) mass is 188 g/mol. The molecule has 0 bridgehead atoms. The first kappa shape index (κ1) is 9.73. The first-order valence-electron chi connectivity index (χ1n) is 3.58. The Kier molecular flexibility index (Phi) is 2.67. The summed E-state index contributed by atoms with van der Waals surface area (Å²) in [5.74, 6) is -1.92. The number of rotatable bonds is 2. The van der Waals surface area contributed by atoms with Gasteiger partial charge in [-0.15, -0.1) is 0 Å². The molecule has 3 nitrogen and oxygen atoms in total. The average Bonchev–Trinajstić information content (AvgIpc) is 2.10. The number of anilines is 2. The summed E-state index contributed by atoms with van der Waals surface area (Å²) in [6, 6.07) is 1.90. The molecule has 2 N–H and O–H groups in total. The second kappa shape index (κ2) is 3.57. The van der Waals surface area contributed by atoms with Gasteiger partial charge < -0.3 is 5.73 Å². The lowest BCUT2D eigenvalue weighted by molar-refractivity contribution is 0.185. The van der Waals surface area contributed by atoms with Gasteiger partial charge in [-0.2, -0.15) is 0 Å². The standard InChI is InChI=1S/C8H10F2N2O/c1-12(13-2)8-4-6(10)5(9)3-7(8)11/h3-4H,11H2,1-2H3. The van der Waals surface area contributed by atoms with Gasteiger partial charge in [0.1, 0.15) is 0 Å². The molecule has 1 aromatic rings. The lowest BCUT2D eigenvalue weighted by Gasteiger charge is -2.17. The Morgan fingerprint density at radius 3 is 2.38 bits per heavy atom. The van der Waals surface area contributed by atoms with Crippen LogP contribution in [0.4, 0.5) is 20.2 Å². The fraction of sp³-hybridized carbons (Fsp3) is 0.250. The van der Waals surface area contributed by atoms with E-state index in [0.717, 1.165) is 12.1 Å². The van der Waals surface area contributed by atoms with Gasteiger partial charge >= 0.3 is 0 Å². The number of hydrogen-bond acceptors (Lipinski definition) is 3. The maximum atomic E-state index is 12.7. The smallest absolute Gasteiger partial charge is 0.161 e. The Labute approximate surface area is 74.7 Å². The molecule has 1 aromatic carbocycles. The number of benzene rings is 1. The largest absolute Gasteiger partial charge is 0.397 e. The molecular formula is C8H10F2N2O. The first-order valence-corrected chi connectivity index (χ1v) is 3.58. The summed E-state index contributed by atoms with van der Waals surface area (Å²) in [5.41, 5.74) is 5.86. The Hall–Kier alpha value is -1.36. The van der Waals surface area contributed by atoms with Crippen molar-refractivity contribution in [3.8, 4) is 0 Å². The van der Waals surface area contributed by atoms with Crippen LogP contribution in [0.15, 0.2) is 12.1 Å². The van der Waals surface area contributed by atoms with E-state index in [1.807, 2.05) is 0 Å². The van der Waals surface area contributed by atoms with Gasteiger partial charge in [0, 0.05) is 19.2 Å². The fourth-order valence-electron chi connectivity index (χ4n) is 0.923. The van der Waals surface area contributed by atoms with E-state index in [2.05, 4.69) is 0 Å². The van der Waals surface area contributed by atoms with E-state index in [1.54, 1.807) is 7.05 Å². The van der Waals surface area contributed by atoms with E-state index in [-0.39, 0.29) is 5.69 Å². The number of hydrogen-bond donors (Lipinski definition) is 1. The molecule has 0 saturated carbocycles. The Bertz CT molecular complexity index is 317. The van der Waals surface area contributed by atoms with Crippen LogP contribution in [-0.4, -0.2) is 14.2 Å². The van der Waals surface area contributed by atoms with Crippen molar-refractivity contribution in [2.24, 2.45) is 0 Å². The molecule has 0 heterocycles. The molecule has 0 spiro atoms. The van der Waals surface area contributed by atoms with Crippen molar-refractivity contribution in [1.29, 1.82) is 0 Å². The van der Waals surface area contributed by atoms with Crippen LogP contribution in [0.5, 0.6) is 0 Å². The average molecular weight is 188 g/mol. The van der Waals surface area contributed by atoms with Crippen molar-refractivity contribution >= 4 is 11.4 Å². The van der Waals surface area contributed by atoms with Crippen LogP contribution in [0.1, 0.15) is 0 Å². The van der Waals surface area contributed by atoms with Crippen molar-refractivity contribution in [1.82, 2.24) is 0 Å². The van der Waals surface area contributed by atoms with Gasteiger partial charge in [-0.3, -0.25) is 9.90 Å². The highest BCUT2D eigenvalue weighted by molar-refractivity contribution is 5.66. The summed E-state index contributed by atoms with van der Waals surface area (Å²) in [6.07, 6.45) is 0. The van der Waals surface area contributed by atoms with Crippen molar-refractivity contribution in [2.45, 2.75) is 0 Å². The van der Waals surface area contributed by atoms with Crippen molar-refractivity contribution in [3.63, 3.8) is 0 Å². The summed E-state index contributed by atoms with van der Waals surface area (Å²) in [4.78, 5) is 4.78. The van der Waals surface area contributed by atoms with Crippen LogP contribution in [0.3, 0.4) is 0 Å². The highest BCUT2D eigenvalue weighted by Gasteiger charge is 2.10. The van der Waals surface area contributed by atoms with E-state index < -0.39 is 11.6 Å². The van der Waals surface area contributed by atoms with Gasteiger partial charge in [-0.1, -0.05) is 0 Å². The van der Waals surface area contributed by atoms with Gasteiger partial charge in [-0.05, 0) is 0 Å². The van der Waals surface area contributed by atoms with E-state index in [1.165, 1.54) is 12.2 Å². The highest BCUT2D eigenvalue weighted by atomic mass is 19.2. The van der Waals surface area contributed by atoms with Crippen LogP contribution in [0.2, 0.25) is 0 Å². The topological polar surface area (TPSA) is 38.5 Å². The number of nitrogens with zero attached hydrogens (tertiary/aromatic N) is 1. The van der Waals surface area contributed by atoms with Gasteiger partial charge in [0.15, 0.2) is 11.6 Å². The predicted octanol–water partition coefficient (Wildman–Crippen LogP) is 1.54. The number of nitrogens with two attached hydrogens (primary N) is 1. The Morgan fingerprint density at radius 1 is 1.31 bits per heavy atom. The molecule has 0 aliphatic carbocycles. The summed E-state index contributed by atoms with van der Waals surface area (Å²) in [6.45, 7) is 0. The maximum Gasteiger partial charge on any atom is 0.161 e. The normalized spacial score (nSPS) is 10.2. The van der Waals surface area contributed by atoms with Crippen molar-refractivity contribution in [3.05, 3.63) is 23.8 Å². The molecule has 0 aliphatic rings. The molecule has 5 heteroatoms. The van der Waals surface area contributed by atoms with Crippen LogP contribution >= 0.6 is 0 Å². The van der Waals surface area contributed by atoms with E-state index in [4.69, 9.17) is 10.6 Å². The second-order valence-corrected chi connectivity index (χ2v) is 2.51. The third-order valence-electron chi connectivity index (χ3n) is 1.68. The molecule has 0 amide bonds. The molecule has 13 heavy (non-hydrogen) atoms. The SMILES string of the molecule is CON(C)c1cc(F)c(F)cc1N. The molecular weight excluding hydrogens is 178 g/mol. The summed E-state index contributed by atoms with van der Waals surface area (Å²) >= 11 is 0. The van der Waals surface area contributed by atoms with Crippen LogP contribution in [-0.2, 0) is 4.84 Å². The zero-order valence-electron chi connectivity index (χ0n) is 7.34. The third kappa shape index (κ3) is 1.86. The van der Waals surface area contributed by atoms with Crippen LogP contribution < -0.4 is 10.8 Å². The summed E-state index contributed by atoms with van der Waals surface area (Å²) in [5, 5.41) is 1.25. The van der Waals surface area contributed by atoms with Crippen LogP contribution in [0.25, 0.3) is 0 Å². The molecule has 0 radical (unpaired) electrons. The van der Waals surface area contributed by atoms with Crippen molar-refractivity contribution in [2.75, 3.05) is 25.0 Å². The predicted molar refractivity (Wildman–Crippen MR) is 46.2 cm³/mol. The van der Waals surface area contributed by atoms with Gasteiger partial charge in [0.25, 0.3) is 0 Å². The maximum absolute atomic E-state index is 12.7. The Morgan fingerprint density at radius 2 is 1.85 bits per heavy atom. The van der Waals surface area contributed by atoms with Gasteiger partial charge in [0.2, 0.25) is 0 Å². The number of nitrogen functional groups attached to an aromatic ring is 1. The summed E-state index contributed by atoms with van der Waals surface area (Å²) < 4.78 is 25.4. The highest BCUT2D eigenvalue weighted by Crippen LogP contribution is 2.24. The van der Waals surface area contributed by atoms with Gasteiger partial charge in [-0.25, -0.2) is 8.78 Å². The minimum atomic E-state index is -0.967. The third-order valence-corrected chi connectivity index (χ3v) is 1.68. The van der Waals surface area contributed by atoms with Gasteiger partial charge in [0.05, 0.1) is 18.5 Å². The fourth-order valence-corrected chi connectivity index (χ4v) is 0.923. The van der Waals surface area contributed by atoms with E-state index in [9.17, 15) is 8.78 Å².